The zero-order valence-corrected chi connectivity index (χ0v) is 14.4. The number of rotatable bonds is 6. The Morgan fingerprint density at radius 3 is 2.32 bits per heavy atom. The zero-order chi connectivity index (χ0) is 17.6. The summed E-state index contributed by atoms with van der Waals surface area (Å²) in [6, 6.07) is 15.9. The van der Waals surface area contributed by atoms with E-state index in [2.05, 4.69) is 5.10 Å². The highest BCUT2D eigenvalue weighted by molar-refractivity contribution is 7.98. The summed E-state index contributed by atoms with van der Waals surface area (Å²) in [6.07, 6.45) is 5.46. The van der Waals surface area contributed by atoms with Crippen LogP contribution in [0.3, 0.4) is 0 Å². The number of aromatic nitrogens is 2. The second-order valence-corrected chi connectivity index (χ2v) is 6.10. The lowest BCUT2D eigenvalue weighted by atomic mass is 10.1. The molecule has 0 spiro atoms. The van der Waals surface area contributed by atoms with Gasteiger partial charge in [0.05, 0.1) is 11.3 Å². The number of ketones is 1. The Hall–Kier alpha value is -2.86. The van der Waals surface area contributed by atoms with Crippen molar-refractivity contribution in [2.45, 2.75) is 4.90 Å². The minimum absolute atomic E-state index is 0.228. The lowest BCUT2D eigenvalue weighted by molar-refractivity contribution is 0.0475. The van der Waals surface area contributed by atoms with Crippen LogP contribution in [0.2, 0.25) is 0 Å². The number of nitrogens with zero attached hydrogens (tertiary/aromatic N) is 2. The molecule has 3 aromatic rings. The molecular weight excluding hydrogens is 336 g/mol. The molecule has 2 aromatic carbocycles. The molecule has 0 bridgehead atoms. The molecule has 0 N–H and O–H groups in total. The number of benzene rings is 2. The third-order valence-electron chi connectivity index (χ3n) is 3.62. The van der Waals surface area contributed by atoms with Gasteiger partial charge in [-0.25, -0.2) is 9.48 Å². The van der Waals surface area contributed by atoms with Crippen LogP contribution >= 0.6 is 11.8 Å². The minimum Gasteiger partial charge on any atom is -0.454 e. The number of carbonyl (C=O) groups excluding carboxylic acids is 2. The molecular formula is C19H16N2O3S. The number of ether oxygens (including phenoxy) is 1. The number of hydrogen-bond acceptors (Lipinski definition) is 5. The summed E-state index contributed by atoms with van der Waals surface area (Å²) >= 11 is 1.60. The Labute approximate surface area is 149 Å². The molecule has 1 aromatic heterocycles. The first-order valence-electron chi connectivity index (χ1n) is 7.62. The maximum Gasteiger partial charge on any atom is 0.338 e. The molecule has 0 fully saturated rings. The molecule has 0 aliphatic heterocycles. The monoisotopic (exact) mass is 352 g/mol. The van der Waals surface area contributed by atoms with E-state index >= 15 is 0 Å². The zero-order valence-electron chi connectivity index (χ0n) is 13.6. The van der Waals surface area contributed by atoms with Crippen molar-refractivity contribution < 1.29 is 14.3 Å². The van der Waals surface area contributed by atoms with Crippen molar-refractivity contribution in [3.8, 4) is 5.69 Å². The maximum atomic E-state index is 12.1. The maximum absolute atomic E-state index is 12.1. The summed E-state index contributed by atoms with van der Waals surface area (Å²) in [5, 5.41) is 4.12. The molecule has 0 aliphatic carbocycles. The van der Waals surface area contributed by atoms with Gasteiger partial charge in [-0.2, -0.15) is 5.10 Å². The molecule has 5 nitrogen and oxygen atoms in total. The fraction of sp³-hybridized carbons (Fsp3) is 0.105. The van der Waals surface area contributed by atoms with Gasteiger partial charge in [-0.05, 0) is 48.7 Å². The van der Waals surface area contributed by atoms with Gasteiger partial charge in [0.2, 0.25) is 0 Å². The van der Waals surface area contributed by atoms with Crippen LogP contribution in [0.15, 0.2) is 71.9 Å². The fourth-order valence-corrected chi connectivity index (χ4v) is 2.65. The average molecular weight is 352 g/mol. The molecule has 0 atom stereocenters. The Morgan fingerprint density at radius 2 is 1.72 bits per heavy atom. The fourth-order valence-electron chi connectivity index (χ4n) is 2.25. The van der Waals surface area contributed by atoms with Crippen molar-refractivity contribution in [3.63, 3.8) is 0 Å². The van der Waals surface area contributed by atoms with E-state index in [1.54, 1.807) is 59.0 Å². The molecule has 126 valence electrons. The van der Waals surface area contributed by atoms with Crippen molar-refractivity contribution in [1.29, 1.82) is 0 Å². The molecule has 0 unspecified atom stereocenters. The topological polar surface area (TPSA) is 61.2 Å². The summed E-state index contributed by atoms with van der Waals surface area (Å²) in [7, 11) is 0. The third kappa shape index (κ3) is 4.16. The molecule has 3 rings (SSSR count). The molecule has 1 heterocycles. The van der Waals surface area contributed by atoms with Crippen LogP contribution in [-0.2, 0) is 4.74 Å². The van der Waals surface area contributed by atoms with Crippen LogP contribution in [0.4, 0.5) is 0 Å². The standard InChI is InChI=1S/C19H16N2O3S/c1-25-17-9-5-14(6-10-17)18(22)13-24-19(23)15-3-7-16(8-4-15)21-12-2-11-20-21/h2-12H,13H2,1H3. The van der Waals surface area contributed by atoms with E-state index in [0.717, 1.165) is 10.6 Å². The third-order valence-corrected chi connectivity index (χ3v) is 4.36. The van der Waals surface area contributed by atoms with Crippen LogP contribution in [0.25, 0.3) is 5.69 Å². The van der Waals surface area contributed by atoms with Crippen LogP contribution in [0.1, 0.15) is 20.7 Å². The number of carbonyl (C=O) groups is 2. The van der Waals surface area contributed by atoms with Crippen molar-refractivity contribution in [2.24, 2.45) is 0 Å². The van der Waals surface area contributed by atoms with E-state index in [4.69, 9.17) is 4.74 Å². The van der Waals surface area contributed by atoms with Gasteiger partial charge in [0.25, 0.3) is 0 Å². The van der Waals surface area contributed by atoms with Crippen LogP contribution < -0.4 is 0 Å². The van der Waals surface area contributed by atoms with Gasteiger partial charge in [-0.3, -0.25) is 4.79 Å². The first-order valence-corrected chi connectivity index (χ1v) is 8.84. The number of hydrogen-bond donors (Lipinski definition) is 0. The van der Waals surface area contributed by atoms with E-state index in [-0.39, 0.29) is 12.4 Å². The highest BCUT2D eigenvalue weighted by atomic mass is 32.2. The van der Waals surface area contributed by atoms with Crippen molar-refractivity contribution in [2.75, 3.05) is 12.9 Å². The second-order valence-electron chi connectivity index (χ2n) is 5.23. The van der Waals surface area contributed by atoms with Gasteiger partial charge in [0.15, 0.2) is 12.4 Å². The van der Waals surface area contributed by atoms with Crippen molar-refractivity contribution in [3.05, 3.63) is 78.1 Å². The first-order chi connectivity index (χ1) is 12.2. The van der Waals surface area contributed by atoms with Gasteiger partial charge in [0, 0.05) is 22.9 Å². The number of Topliss-reactive ketones (excluding diaryl/α,β-unsaturated/α-hetero) is 1. The average Bonchev–Trinajstić information content (AvgIpc) is 3.21. The van der Waals surface area contributed by atoms with Gasteiger partial charge in [-0.15, -0.1) is 11.8 Å². The molecule has 0 amide bonds. The van der Waals surface area contributed by atoms with E-state index in [0.29, 0.717) is 11.1 Å². The normalized spacial score (nSPS) is 10.4. The smallest absolute Gasteiger partial charge is 0.338 e. The van der Waals surface area contributed by atoms with Gasteiger partial charge in [0.1, 0.15) is 0 Å². The molecule has 0 aliphatic rings. The molecule has 6 heteroatoms. The summed E-state index contributed by atoms with van der Waals surface area (Å²) in [6.45, 7) is -0.279. The van der Waals surface area contributed by atoms with E-state index in [9.17, 15) is 9.59 Å². The lowest BCUT2D eigenvalue weighted by Gasteiger charge is -2.06. The van der Waals surface area contributed by atoms with Crippen molar-refractivity contribution >= 4 is 23.5 Å². The van der Waals surface area contributed by atoms with Gasteiger partial charge in [-0.1, -0.05) is 12.1 Å². The molecule has 25 heavy (non-hydrogen) atoms. The van der Waals surface area contributed by atoms with Gasteiger partial charge >= 0.3 is 5.97 Å². The van der Waals surface area contributed by atoms with E-state index in [1.165, 1.54) is 0 Å². The Balaban J connectivity index is 1.59. The Kier molecular flexibility index (Phi) is 5.30. The summed E-state index contributed by atoms with van der Waals surface area (Å²) < 4.78 is 6.81. The second kappa shape index (κ2) is 7.81. The first kappa shape index (κ1) is 17.0. The number of esters is 1. The van der Waals surface area contributed by atoms with E-state index < -0.39 is 5.97 Å². The van der Waals surface area contributed by atoms with E-state index in [1.807, 2.05) is 30.7 Å². The molecule has 0 radical (unpaired) electrons. The predicted molar refractivity (Wildman–Crippen MR) is 96.4 cm³/mol. The lowest BCUT2D eigenvalue weighted by Crippen LogP contribution is -2.14. The summed E-state index contributed by atoms with van der Waals surface area (Å²) in [5.74, 6) is -0.754. The quantitative estimate of drug-likeness (QED) is 0.385. The predicted octanol–water partition coefficient (Wildman–Crippen LogP) is 3.63. The SMILES string of the molecule is CSc1ccc(C(=O)COC(=O)c2ccc(-n3cccn3)cc2)cc1. The van der Waals surface area contributed by atoms with Gasteiger partial charge < -0.3 is 4.74 Å². The number of thioether (sulfide) groups is 1. The summed E-state index contributed by atoms with van der Waals surface area (Å²) in [5.41, 5.74) is 1.76. The van der Waals surface area contributed by atoms with Crippen LogP contribution in [0, 0.1) is 0 Å². The highest BCUT2D eigenvalue weighted by Gasteiger charge is 2.12. The molecule has 0 saturated heterocycles. The van der Waals surface area contributed by atoms with Crippen molar-refractivity contribution in [1.82, 2.24) is 9.78 Å². The Bertz CT molecular complexity index is 857. The molecule has 0 saturated carbocycles. The van der Waals surface area contributed by atoms with Crippen LogP contribution in [0.5, 0.6) is 0 Å². The largest absolute Gasteiger partial charge is 0.454 e. The van der Waals surface area contributed by atoms with Crippen LogP contribution in [-0.4, -0.2) is 34.4 Å². The summed E-state index contributed by atoms with van der Waals surface area (Å²) in [4.78, 5) is 25.2. The Morgan fingerprint density at radius 1 is 1.04 bits per heavy atom. The highest BCUT2D eigenvalue weighted by Crippen LogP contribution is 2.15. The minimum atomic E-state index is -0.527.